The minimum absolute atomic E-state index is 0.0242. The van der Waals surface area contributed by atoms with Crippen LogP contribution in [0.5, 0.6) is 0 Å². The van der Waals surface area contributed by atoms with Crippen LogP contribution in [0.15, 0.2) is 60.7 Å². The number of hydrogen-bond donors (Lipinski definition) is 1. The van der Waals surface area contributed by atoms with Gasteiger partial charge in [-0.1, -0.05) is 66.2 Å². The van der Waals surface area contributed by atoms with Crippen LogP contribution in [0.2, 0.25) is 0 Å². The zero-order chi connectivity index (χ0) is 19.6. The molecule has 27 heavy (non-hydrogen) atoms. The lowest BCUT2D eigenvalue weighted by Gasteiger charge is -2.37. The van der Waals surface area contributed by atoms with Crippen LogP contribution in [0.25, 0.3) is 5.70 Å². The summed E-state index contributed by atoms with van der Waals surface area (Å²) in [5, 5.41) is 10.8. The van der Waals surface area contributed by atoms with Crippen molar-refractivity contribution in [3.05, 3.63) is 77.4 Å². The van der Waals surface area contributed by atoms with Gasteiger partial charge >= 0.3 is 6.09 Å². The molecule has 1 aliphatic heterocycles. The quantitative estimate of drug-likeness (QED) is 0.807. The monoisotopic (exact) mass is 365 g/mol. The summed E-state index contributed by atoms with van der Waals surface area (Å²) in [5.74, 6) is 0.0242. The summed E-state index contributed by atoms with van der Waals surface area (Å²) in [6, 6.07) is 18.0. The number of rotatable bonds is 2. The first kappa shape index (κ1) is 19.2. The molecular weight excluding hydrogens is 338 g/mol. The summed E-state index contributed by atoms with van der Waals surface area (Å²) < 4.78 is 5.55. The summed E-state index contributed by atoms with van der Waals surface area (Å²) >= 11 is 0. The van der Waals surface area contributed by atoms with Gasteiger partial charge in [0.25, 0.3) is 0 Å². The third kappa shape index (κ3) is 4.58. The molecule has 0 aromatic heterocycles. The largest absolute Gasteiger partial charge is 0.443 e. The van der Waals surface area contributed by atoms with Crippen LogP contribution < -0.4 is 0 Å². The molecule has 0 fully saturated rings. The average molecular weight is 365 g/mol. The standard InChI is InChI=1S/C23H27NO3/c1-16-10-12-18(13-11-16)20-14-19(17-8-6-5-7-9-17)15-21(25)24(20)22(26)27-23(2,3)4/h5-14,19,21,25H,15H2,1-4H3/t19-,21?/m0/s1. The Morgan fingerprint density at radius 1 is 1.07 bits per heavy atom. The van der Waals surface area contributed by atoms with E-state index in [1.807, 2.05) is 82.3 Å². The van der Waals surface area contributed by atoms with Gasteiger partial charge in [-0.2, -0.15) is 0 Å². The maximum atomic E-state index is 12.8. The normalized spacial score (nSPS) is 20.2. The van der Waals surface area contributed by atoms with E-state index >= 15 is 0 Å². The zero-order valence-corrected chi connectivity index (χ0v) is 16.3. The summed E-state index contributed by atoms with van der Waals surface area (Å²) in [6.07, 6.45) is 0.995. The molecule has 2 aromatic rings. The Labute approximate surface area is 161 Å². The molecule has 3 rings (SSSR count). The van der Waals surface area contributed by atoms with Crippen LogP contribution >= 0.6 is 0 Å². The molecule has 2 atom stereocenters. The Morgan fingerprint density at radius 2 is 1.70 bits per heavy atom. The van der Waals surface area contributed by atoms with E-state index in [4.69, 9.17) is 4.74 Å². The molecule has 1 heterocycles. The highest BCUT2D eigenvalue weighted by Crippen LogP contribution is 2.37. The number of carbonyl (C=O) groups is 1. The highest BCUT2D eigenvalue weighted by molar-refractivity contribution is 5.83. The van der Waals surface area contributed by atoms with Crippen molar-refractivity contribution in [3.8, 4) is 0 Å². The summed E-state index contributed by atoms with van der Waals surface area (Å²) in [4.78, 5) is 14.2. The van der Waals surface area contributed by atoms with Gasteiger partial charge in [0.1, 0.15) is 11.8 Å². The minimum atomic E-state index is -0.952. The highest BCUT2D eigenvalue weighted by atomic mass is 16.6. The molecule has 4 nitrogen and oxygen atoms in total. The molecule has 1 amide bonds. The molecule has 1 unspecified atom stereocenters. The third-order valence-corrected chi connectivity index (χ3v) is 4.55. The van der Waals surface area contributed by atoms with Gasteiger partial charge in [0.2, 0.25) is 0 Å². The maximum absolute atomic E-state index is 12.8. The van der Waals surface area contributed by atoms with Crippen LogP contribution in [0.1, 0.15) is 49.8 Å². The van der Waals surface area contributed by atoms with Gasteiger partial charge < -0.3 is 9.84 Å². The SMILES string of the molecule is Cc1ccc(C2=C[C@H](c3ccccc3)CC(O)N2C(=O)OC(C)(C)C)cc1. The molecule has 1 aliphatic rings. The Morgan fingerprint density at radius 3 is 2.30 bits per heavy atom. The highest BCUT2D eigenvalue weighted by Gasteiger charge is 2.36. The van der Waals surface area contributed by atoms with Crippen LogP contribution in [0, 0.1) is 6.92 Å². The second-order valence-corrected chi connectivity index (χ2v) is 8.00. The molecule has 0 bridgehead atoms. The molecule has 0 saturated heterocycles. The smallest absolute Gasteiger partial charge is 0.416 e. The van der Waals surface area contributed by atoms with E-state index in [-0.39, 0.29) is 5.92 Å². The second kappa shape index (κ2) is 7.57. The molecule has 2 aromatic carbocycles. The van der Waals surface area contributed by atoms with Crippen molar-refractivity contribution in [3.63, 3.8) is 0 Å². The Kier molecular flexibility index (Phi) is 5.38. The Balaban J connectivity index is 2.03. The first-order valence-electron chi connectivity index (χ1n) is 9.29. The number of aryl methyl sites for hydroxylation is 1. The molecule has 0 saturated carbocycles. The van der Waals surface area contributed by atoms with E-state index in [0.717, 1.165) is 16.7 Å². The maximum Gasteiger partial charge on any atom is 0.416 e. The molecular formula is C23H27NO3. The lowest BCUT2D eigenvalue weighted by atomic mass is 9.89. The van der Waals surface area contributed by atoms with Gasteiger partial charge in [0, 0.05) is 12.3 Å². The number of ether oxygens (including phenoxy) is 1. The molecule has 4 heteroatoms. The molecule has 0 radical (unpaired) electrons. The van der Waals surface area contributed by atoms with E-state index in [2.05, 4.69) is 6.08 Å². The van der Waals surface area contributed by atoms with Crippen molar-refractivity contribution >= 4 is 11.8 Å². The van der Waals surface area contributed by atoms with Gasteiger partial charge in [-0.25, -0.2) is 4.79 Å². The average Bonchev–Trinajstić information content (AvgIpc) is 2.61. The number of aliphatic hydroxyl groups is 1. The first-order valence-corrected chi connectivity index (χ1v) is 9.29. The van der Waals surface area contributed by atoms with Crippen molar-refractivity contribution in [2.75, 3.05) is 0 Å². The molecule has 0 spiro atoms. The van der Waals surface area contributed by atoms with Gasteiger partial charge in [-0.05, 0) is 38.8 Å². The molecule has 0 aliphatic carbocycles. The van der Waals surface area contributed by atoms with Crippen molar-refractivity contribution in [2.24, 2.45) is 0 Å². The summed E-state index contributed by atoms with van der Waals surface area (Å²) in [5.41, 5.74) is 3.18. The van der Waals surface area contributed by atoms with E-state index in [1.54, 1.807) is 0 Å². The fourth-order valence-corrected chi connectivity index (χ4v) is 3.26. The number of allylic oxidation sites excluding steroid dienone is 1. The molecule has 1 N–H and O–H groups in total. The van der Waals surface area contributed by atoms with Crippen molar-refractivity contribution in [2.45, 2.75) is 51.9 Å². The summed E-state index contributed by atoms with van der Waals surface area (Å²) in [6.45, 7) is 7.49. The molecule has 142 valence electrons. The van der Waals surface area contributed by atoms with Crippen LogP contribution in [-0.2, 0) is 4.74 Å². The zero-order valence-electron chi connectivity index (χ0n) is 16.3. The topological polar surface area (TPSA) is 49.8 Å². The number of nitrogens with zero attached hydrogens (tertiary/aromatic N) is 1. The van der Waals surface area contributed by atoms with Crippen LogP contribution in [0.4, 0.5) is 4.79 Å². The van der Waals surface area contributed by atoms with Gasteiger partial charge in [0.15, 0.2) is 0 Å². The number of amides is 1. The van der Waals surface area contributed by atoms with Crippen LogP contribution in [0.3, 0.4) is 0 Å². The number of aliphatic hydroxyl groups excluding tert-OH is 1. The minimum Gasteiger partial charge on any atom is -0.443 e. The van der Waals surface area contributed by atoms with Crippen molar-refractivity contribution < 1.29 is 14.6 Å². The number of benzene rings is 2. The van der Waals surface area contributed by atoms with Crippen molar-refractivity contribution in [1.29, 1.82) is 0 Å². The van der Waals surface area contributed by atoms with Gasteiger partial charge in [0.05, 0.1) is 5.70 Å². The fourth-order valence-electron chi connectivity index (χ4n) is 3.26. The third-order valence-electron chi connectivity index (χ3n) is 4.55. The predicted molar refractivity (Wildman–Crippen MR) is 107 cm³/mol. The number of carbonyl (C=O) groups excluding carboxylic acids is 1. The number of hydrogen-bond acceptors (Lipinski definition) is 3. The summed E-state index contributed by atoms with van der Waals surface area (Å²) in [7, 11) is 0. The first-order chi connectivity index (χ1) is 12.7. The van der Waals surface area contributed by atoms with E-state index < -0.39 is 17.9 Å². The second-order valence-electron chi connectivity index (χ2n) is 8.00. The Hall–Kier alpha value is -2.59. The van der Waals surface area contributed by atoms with Crippen molar-refractivity contribution in [1.82, 2.24) is 4.90 Å². The fraction of sp³-hybridized carbons (Fsp3) is 0.348. The van der Waals surface area contributed by atoms with Gasteiger partial charge in [-0.15, -0.1) is 0 Å². The van der Waals surface area contributed by atoms with E-state index in [0.29, 0.717) is 12.1 Å². The van der Waals surface area contributed by atoms with Gasteiger partial charge in [-0.3, -0.25) is 4.90 Å². The van der Waals surface area contributed by atoms with E-state index in [9.17, 15) is 9.90 Å². The lowest BCUT2D eigenvalue weighted by molar-refractivity contribution is -0.0134. The predicted octanol–water partition coefficient (Wildman–Crippen LogP) is 5.08. The lowest BCUT2D eigenvalue weighted by Crippen LogP contribution is -2.44. The van der Waals surface area contributed by atoms with E-state index in [1.165, 1.54) is 4.90 Å². The Bertz CT molecular complexity index is 819. The van der Waals surface area contributed by atoms with Crippen LogP contribution in [-0.4, -0.2) is 27.9 Å².